The van der Waals surface area contributed by atoms with Gasteiger partial charge in [0.2, 0.25) is 5.91 Å². The molecule has 1 atom stereocenters. The van der Waals surface area contributed by atoms with E-state index in [4.69, 9.17) is 0 Å². The average molecular weight is 474 g/mol. The predicted molar refractivity (Wildman–Crippen MR) is 135 cm³/mol. The maximum Gasteiger partial charge on any atom is 0.270 e. The molecule has 4 aromatic rings. The first-order chi connectivity index (χ1) is 16.9. The van der Waals surface area contributed by atoms with Crippen LogP contribution >= 0.6 is 0 Å². The van der Waals surface area contributed by atoms with Gasteiger partial charge in [0.1, 0.15) is 5.82 Å². The first-order valence-electron chi connectivity index (χ1n) is 11.8. The number of amides is 1. The maximum atomic E-state index is 14.3. The number of nitro groups is 1. The molecular formula is C28H28FN3O3. The van der Waals surface area contributed by atoms with E-state index in [1.54, 1.807) is 29.2 Å². The fraction of sp³-hybridized carbons (Fsp3) is 0.250. The highest BCUT2D eigenvalue weighted by Gasteiger charge is 2.26. The van der Waals surface area contributed by atoms with E-state index in [9.17, 15) is 19.3 Å². The molecule has 0 bridgehead atoms. The van der Waals surface area contributed by atoms with Crippen LogP contribution in [-0.4, -0.2) is 33.4 Å². The summed E-state index contributed by atoms with van der Waals surface area (Å²) in [6.07, 6.45) is 2.09. The highest BCUT2D eigenvalue weighted by atomic mass is 19.1. The Morgan fingerprint density at radius 2 is 1.77 bits per heavy atom. The highest BCUT2D eigenvalue weighted by molar-refractivity contribution is 5.88. The van der Waals surface area contributed by atoms with Crippen LogP contribution in [0.5, 0.6) is 0 Å². The Labute approximate surface area is 203 Å². The number of carbonyl (C=O) groups is 1. The number of rotatable bonds is 9. The quantitative estimate of drug-likeness (QED) is 0.217. The molecule has 3 aromatic carbocycles. The van der Waals surface area contributed by atoms with Crippen LogP contribution in [0.15, 0.2) is 79.0 Å². The van der Waals surface area contributed by atoms with Gasteiger partial charge < -0.3 is 9.47 Å². The van der Waals surface area contributed by atoms with Crippen molar-refractivity contribution in [2.24, 2.45) is 0 Å². The van der Waals surface area contributed by atoms with Gasteiger partial charge in [0.05, 0.1) is 4.92 Å². The molecule has 180 valence electrons. The van der Waals surface area contributed by atoms with Gasteiger partial charge >= 0.3 is 0 Å². The number of halogens is 1. The van der Waals surface area contributed by atoms with E-state index in [1.807, 2.05) is 54.9 Å². The van der Waals surface area contributed by atoms with Gasteiger partial charge in [-0.3, -0.25) is 14.9 Å². The third-order valence-corrected chi connectivity index (χ3v) is 6.42. The first kappa shape index (κ1) is 24.1. The molecule has 0 aliphatic heterocycles. The van der Waals surface area contributed by atoms with Gasteiger partial charge in [-0.1, -0.05) is 42.5 Å². The molecule has 0 aliphatic carbocycles. The van der Waals surface area contributed by atoms with Crippen molar-refractivity contribution in [1.29, 1.82) is 0 Å². The van der Waals surface area contributed by atoms with Crippen LogP contribution in [0.2, 0.25) is 0 Å². The molecule has 1 unspecified atom stereocenters. The van der Waals surface area contributed by atoms with Crippen LogP contribution in [0, 0.1) is 15.9 Å². The van der Waals surface area contributed by atoms with E-state index in [1.165, 1.54) is 18.2 Å². The number of nitro benzene ring substituents is 1. The summed E-state index contributed by atoms with van der Waals surface area (Å²) in [4.78, 5) is 26.1. The number of hydrogen-bond donors (Lipinski definition) is 0. The molecule has 1 heterocycles. The standard InChI is InChI=1S/C28H28FN3O3/c1-3-30(4-2)28(33)17-24(21-11-8-12-22(29)15-21)26-19-31(18-20-9-6-5-7-10-20)27-14-13-23(32(34)35)16-25(26)27/h5-16,19,24H,3-4,17-18H2,1-2H3. The van der Waals surface area contributed by atoms with Crippen LogP contribution in [0.4, 0.5) is 10.1 Å². The molecule has 0 N–H and O–H groups in total. The average Bonchev–Trinajstić information content (AvgIpc) is 3.21. The third kappa shape index (κ3) is 5.24. The minimum absolute atomic E-state index is 0.0238. The Morgan fingerprint density at radius 1 is 1.03 bits per heavy atom. The van der Waals surface area contributed by atoms with Crippen molar-refractivity contribution in [1.82, 2.24) is 9.47 Å². The lowest BCUT2D eigenvalue weighted by Crippen LogP contribution is -2.31. The number of benzene rings is 3. The van der Waals surface area contributed by atoms with Crippen LogP contribution in [-0.2, 0) is 11.3 Å². The molecule has 4 rings (SSSR count). The normalized spacial score (nSPS) is 12.0. The van der Waals surface area contributed by atoms with E-state index >= 15 is 0 Å². The molecule has 7 heteroatoms. The topological polar surface area (TPSA) is 68.4 Å². The number of non-ortho nitro benzene ring substituents is 1. The van der Waals surface area contributed by atoms with Crippen LogP contribution < -0.4 is 0 Å². The Hall–Kier alpha value is -4.00. The Balaban J connectivity index is 1.89. The summed E-state index contributed by atoms with van der Waals surface area (Å²) in [6, 6.07) is 21.0. The zero-order valence-electron chi connectivity index (χ0n) is 19.9. The molecular weight excluding hydrogens is 445 g/mol. The number of hydrogen-bond acceptors (Lipinski definition) is 3. The van der Waals surface area contributed by atoms with Crippen molar-refractivity contribution in [2.45, 2.75) is 32.7 Å². The second-order valence-electron chi connectivity index (χ2n) is 8.53. The monoisotopic (exact) mass is 473 g/mol. The minimum atomic E-state index is -0.458. The molecule has 35 heavy (non-hydrogen) atoms. The summed E-state index contributed by atoms with van der Waals surface area (Å²) in [6.45, 7) is 5.56. The summed E-state index contributed by atoms with van der Waals surface area (Å²) in [5.41, 5.74) is 3.31. The van der Waals surface area contributed by atoms with Crippen molar-refractivity contribution in [3.05, 3.63) is 112 Å². The lowest BCUT2D eigenvalue weighted by Gasteiger charge is -2.23. The van der Waals surface area contributed by atoms with Gasteiger partial charge in [-0.25, -0.2) is 4.39 Å². The Kier molecular flexibility index (Phi) is 7.25. The number of fused-ring (bicyclic) bond motifs is 1. The zero-order chi connectivity index (χ0) is 24.9. The molecule has 1 aromatic heterocycles. The van der Waals surface area contributed by atoms with Gasteiger partial charge in [0, 0.05) is 61.2 Å². The van der Waals surface area contributed by atoms with Gasteiger partial charge in [-0.05, 0) is 48.7 Å². The summed E-state index contributed by atoms with van der Waals surface area (Å²) in [7, 11) is 0. The zero-order valence-corrected chi connectivity index (χ0v) is 19.9. The Morgan fingerprint density at radius 3 is 2.43 bits per heavy atom. The second kappa shape index (κ2) is 10.5. The minimum Gasteiger partial charge on any atom is -0.343 e. The molecule has 0 saturated heterocycles. The fourth-order valence-electron chi connectivity index (χ4n) is 4.63. The van der Waals surface area contributed by atoms with E-state index in [0.717, 1.165) is 16.6 Å². The number of aromatic nitrogens is 1. The second-order valence-corrected chi connectivity index (χ2v) is 8.53. The van der Waals surface area contributed by atoms with Gasteiger partial charge in [0.25, 0.3) is 5.69 Å². The SMILES string of the molecule is CCN(CC)C(=O)CC(c1cccc(F)c1)c1cn(Cc2ccccc2)c2ccc([N+](=O)[O-])cc12. The lowest BCUT2D eigenvalue weighted by molar-refractivity contribution is -0.384. The summed E-state index contributed by atoms with van der Waals surface area (Å²) < 4.78 is 16.3. The molecule has 0 radical (unpaired) electrons. The smallest absolute Gasteiger partial charge is 0.270 e. The van der Waals surface area contributed by atoms with Crippen LogP contribution in [0.3, 0.4) is 0 Å². The molecule has 6 nitrogen and oxygen atoms in total. The number of nitrogens with zero attached hydrogens (tertiary/aromatic N) is 3. The molecule has 0 fully saturated rings. The van der Waals surface area contributed by atoms with Crippen molar-refractivity contribution in [3.63, 3.8) is 0 Å². The van der Waals surface area contributed by atoms with Crippen molar-refractivity contribution in [2.75, 3.05) is 13.1 Å². The van der Waals surface area contributed by atoms with Crippen LogP contribution in [0.1, 0.15) is 42.9 Å². The van der Waals surface area contributed by atoms with E-state index in [0.29, 0.717) is 30.6 Å². The molecule has 0 aliphatic rings. The van der Waals surface area contributed by atoms with Crippen LogP contribution in [0.25, 0.3) is 10.9 Å². The van der Waals surface area contributed by atoms with Gasteiger partial charge in [-0.2, -0.15) is 0 Å². The summed E-state index contributed by atoms with van der Waals surface area (Å²) >= 11 is 0. The largest absolute Gasteiger partial charge is 0.343 e. The first-order valence-corrected chi connectivity index (χ1v) is 11.8. The molecule has 0 saturated carbocycles. The lowest BCUT2D eigenvalue weighted by atomic mass is 9.87. The highest BCUT2D eigenvalue weighted by Crippen LogP contribution is 2.37. The maximum absolute atomic E-state index is 14.3. The van der Waals surface area contributed by atoms with Gasteiger partial charge in [0.15, 0.2) is 0 Å². The summed E-state index contributed by atoms with van der Waals surface area (Å²) in [5, 5.41) is 12.3. The van der Waals surface area contributed by atoms with Gasteiger partial charge in [-0.15, -0.1) is 0 Å². The van der Waals surface area contributed by atoms with Crippen molar-refractivity contribution in [3.8, 4) is 0 Å². The number of carbonyl (C=O) groups excluding carboxylic acids is 1. The predicted octanol–water partition coefficient (Wildman–Crippen LogP) is 6.13. The van der Waals surface area contributed by atoms with E-state index < -0.39 is 10.8 Å². The van der Waals surface area contributed by atoms with E-state index in [2.05, 4.69) is 0 Å². The van der Waals surface area contributed by atoms with Crippen molar-refractivity contribution >= 4 is 22.5 Å². The molecule has 1 amide bonds. The molecule has 0 spiro atoms. The summed E-state index contributed by atoms with van der Waals surface area (Å²) in [5.74, 6) is -0.888. The third-order valence-electron chi connectivity index (χ3n) is 6.42. The van der Waals surface area contributed by atoms with E-state index in [-0.39, 0.29) is 23.8 Å². The fourth-order valence-corrected chi connectivity index (χ4v) is 4.63. The van der Waals surface area contributed by atoms with Crippen molar-refractivity contribution < 1.29 is 14.1 Å². The Bertz CT molecular complexity index is 1350.